The van der Waals surface area contributed by atoms with Gasteiger partial charge in [-0.25, -0.2) is 4.79 Å². The zero-order valence-electron chi connectivity index (χ0n) is 11.7. The number of aromatic carboxylic acids is 1. The van der Waals surface area contributed by atoms with Crippen molar-refractivity contribution in [1.29, 1.82) is 0 Å². The first-order chi connectivity index (χ1) is 9.70. The molecule has 1 heterocycles. The van der Waals surface area contributed by atoms with E-state index in [-0.39, 0.29) is 0 Å². The van der Waals surface area contributed by atoms with E-state index in [0.717, 1.165) is 30.2 Å². The maximum Gasteiger partial charge on any atom is 0.335 e. The summed E-state index contributed by atoms with van der Waals surface area (Å²) in [6.07, 6.45) is 4.43. The molecule has 0 aromatic heterocycles. The predicted molar refractivity (Wildman–Crippen MR) is 76.5 cm³/mol. The van der Waals surface area contributed by atoms with Gasteiger partial charge in [-0.05, 0) is 60.6 Å². The summed E-state index contributed by atoms with van der Waals surface area (Å²) in [5.74, 6) is 3.07. The van der Waals surface area contributed by atoms with Crippen molar-refractivity contribution >= 4 is 5.97 Å². The SMILES string of the molecule is O=C(O)c1ccc(CN2CC3C4CCC(C4)C3C2)cc1. The summed E-state index contributed by atoms with van der Waals surface area (Å²) in [5, 5.41) is 8.92. The van der Waals surface area contributed by atoms with Crippen LogP contribution in [-0.4, -0.2) is 29.1 Å². The molecule has 106 valence electrons. The number of fused-ring (bicyclic) bond motifs is 5. The van der Waals surface area contributed by atoms with Gasteiger partial charge in [0.05, 0.1) is 5.56 Å². The number of carbonyl (C=O) groups is 1. The third kappa shape index (κ3) is 1.96. The second-order valence-electron chi connectivity index (χ2n) is 6.86. The van der Waals surface area contributed by atoms with Gasteiger partial charge in [0.2, 0.25) is 0 Å². The van der Waals surface area contributed by atoms with Gasteiger partial charge in [0, 0.05) is 19.6 Å². The molecule has 1 N–H and O–H groups in total. The van der Waals surface area contributed by atoms with Crippen LogP contribution in [0.1, 0.15) is 35.2 Å². The highest BCUT2D eigenvalue weighted by atomic mass is 16.4. The summed E-state index contributed by atoms with van der Waals surface area (Å²) in [6, 6.07) is 7.37. The minimum absolute atomic E-state index is 0.380. The number of rotatable bonds is 3. The molecule has 3 heteroatoms. The number of carboxylic acids is 1. The van der Waals surface area contributed by atoms with Crippen molar-refractivity contribution in [1.82, 2.24) is 4.90 Å². The Morgan fingerprint density at radius 3 is 2.25 bits per heavy atom. The van der Waals surface area contributed by atoms with Crippen LogP contribution in [0, 0.1) is 23.7 Å². The molecule has 3 aliphatic rings. The summed E-state index contributed by atoms with van der Waals surface area (Å²) in [6.45, 7) is 3.49. The maximum absolute atomic E-state index is 10.9. The van der Waals surface area contributed by atoms with Gasteiger partial charge in [0.15, 0.2) is 0 Å². The molecule has 3 nitrogen and oxygen atoms in total. The number of nitrogens with zero attached hydrogens (tertiary/aromatic N) is 1. The van der Waals surface area contributed by atoms with E-state index in [1.54, 1.807) is 12.1 Å². The summed E-state index contributed by atoms with van der Waals surface area (Å²) in [7, 11) is 0. The fourth-order valence-electron chi connectivity index (χ4n) is 4.91. The molecule has 4 atom stereocenters. The van der Waals surface area contributed by atoms with Crippen molar-refractivity contribution in [2.75, 3.05) is 13.1 Å². The largest absolute Gasteiger partial charge is 0.478 e. The molecule has 1 saturated heterocycles. The van der Waals surface area contributed by atoms with Crippen molar-refractivity contribution < 1.29 is 9.90 Å². The van der Waals surface area contributed by atoms with Crippen LogP contribution in [0.5, 0.6) is 0 Å². The topological polar surface area (TPSA) is 40.5 Å². The van der Waals surface area contributed by atoms with E-state index in [4.69, 9.17) is 5.11 Å². The molecule has 4 unspecified atom stereocenters. The van der Waals surface area contributed by atoms with Crippen LogP contribution in [0.15, 0.2) is 24.3 Å². The lowest BCUT2D eigenvalue weighted by Gasteiger charge is -2.22. The summed E-state index contributed by atoms with van der Waals surface area (Å²) < 4.78 is 0. The Bertz CT molecular complexity index is 506. The smallest absolute Gasteiger partial charge is 0.335 e. The van der Waals surface area contributed by atoms with Gasteiger partial charge in [0.1, 0.15) is 0 Å². The van der Waals surface area contributed by atoms with Crippen molar-refractivity contribution in [2.45, 2.75) is 25.8 Å². The highest BCUT2D eigenvalue weighted by molar-refractivity contribution is 5.87. The van der Waals surface area contributed by atoms with Gasteiger partial charge in [-0.3, -0.25) is 4.90 Å². The van der Waals surface area contributed by atoms with Crippen molar-refractivity contribution in [3.05, 3.63) is 35.4 Å². The van der Waals surface area contributed by atoms with E-state index in [0.29, 0.717) is 5.56 Å². The lowest BCUT2D eigenvalue weighted by Crippen LogP contribution is -2.22. The van der Waals surface area contributed by atoms with Crippen molar-refractivity contribution in [3.63, 3.8) is 0 Å². The number of hydrogen-bond acceptors (Lipinski definition) is 2. The number of hydrogen-bond donors (Lipinski definition) is 1. The molecule has 1 aliphatic heterocycles. The summed E-state index contributed by atoms with van der Waals surface area (Å²) >= 11 is 0. The first-order valence-electron chi connectivity index (χ1n) is 7.75. The highest BCUT2D eigenvalue weighted by Crippen LogP contribution is 2.55. The van der Waals surface area contributed by atoms with Crippen LogP contribution in [0.3, 0.4) is 0 Å². The average Bonchev–Trinajstić information content (AvgIpc) is 3.10. The molecular formula is C17H21NO2. The van der Waals surface area contributed by atoms with E-state index >= 15 is 0 Å². The van der Waals surface area contributed by atoms with Crippen LogP contribution in [0.4, 0.5) is 0 Å². The van der Waals surface area contributed by atoms with E-state index in [1.807, 2.05) is 12.1 Å². The normalized spacial score (nSPS) is 35.4. The number of likely N-dealkylation sites (tertiary alicyclic amines) is 1. The Hall–Kier alpha value is -1.35. The Kier molecular flexibility index (Phi) is 2.84. The minimum Gasteiger partial charge on any atom is -0.478 e. The van der Waals surface area contributed by atoms with E-state index in [1.165, 1.54) is 37.9 Å². The second kappa shape index (κ2) is 4.59. The van der Waals surface area contributed by atoms with E-state index in [9.17, 15) is 4.79 Å². The summed E-state index contributed by atoms with van der Waals surface area (Å²) in [5.41, 5.74) is 1.62. The zero-order chi connectivity index (χ0) is 13.7. The lowest BCUT2D eigenvalue weighted by atomic mass is 9.82. The van der Waals surface area contributed by atoms with E-state index in [2.05, 4.69) is 4.90 Å². The molecule has 1 aromatic carbocycles. The monoisotopic (exact) mass is 271 g/mol. The molecule has 3 fully saturated rings. The molecule has 0 amide bonds. The van der Waals surface area contributed by atoms with Gasteiger partial charge in [-0.1, -0.05) is 12.1 Å². The first kappa shape index (κ1) is 12.4. The second-order valence-corrected chi connectivity index (χ2v) is 6.86. The molecular weight excluding hydrogens is 250 g/mol. The number of benzene rings is 1. The van der Waals surface area contributed by atoms with Gasteiger partial charge in [0.25, 0.3) is 0 Å². The Labute approximate surface area is 119 Å². The quantitative estimate of drug-likeness (QED) is 0.919. The molecule has 1 aromatic rings. The van der Waals surface area contributed by atoms with Crippen LogP contribution >= 0.6 is 0 Å². The third-order valence-corrected chi connectivity index (χ3v) is 5.82. The molecule has 4 rings (SSSR count). The Balaban J connectivity index is 1.42. The van der Waals surface area contributed by atoms with Crippen LogP contribution < -0.4 is 0 Å². The minimum atomic E-state index is -0.844. The summed E-state index contributed by atoms with van der Waals surface area (Å²) in [4.78, 5) is 13.4. The first-order valence-corrected chi connectivity index (χ1v) is 7.75. The van der Waals surface area contributed by atoms with Gasteiger partial charge >= 0.3 is 5.97 Å². The molecule has 0 radical (unpaired) electrons. The predicted octanol–water partition coefficient (Wildman–Crippen LogP) is 2.86. The third-order valence-electron chi connectivity index (χ3n) is 5.82. The van der Waals surface area contributed by atoms with E-state index < -0.39 is 5.97 Å². The highest BCUT2D eigenvalue weighted by Gasteiger charge is 2.51. The van der Waals surface area contributed by atoms with Gasteiger partial charge in [-0.2, -0.15) is 0 Å². The molecule has 20 heavy (non-hydrogen) atoms. The molecule has 2 saturated carbocycles. The fourth-order valence-corrected chi connectivity index (χ4v) is 4.91. The van der Waals surface area contributed by atoms with Crippen LogP contribution in [0.2, 0.25) is 0 Å². The zero-order valence-corrected chi connectivity index (χ0v) is 11.7. The Morgan fingerprint density at radius 2 is 1.70 bits per heavy atom. The van der Waals surface area contributed by atoms with Gasteiger partial charge < -0.3 is 5.11 Å². The van der Waals surface area contributed by atoms with Crippen molar-refractivity contribution in [3.8, 4) is 0 Å². The van der Waals surface area contributed by atoms with Gasteiger partial charge in [-0.15, -0.1) is 0 Å². The maximum atomic E-state index is 10.9. The molecule has 2 bridgehead atoms. The fraction of sp³-hybridized carbons (Fsp3) is 0.588. The van der Waals surface area contributed by atoms with Crippen LogP contribution in [-0.2, 0) is 6.54 Å². The standard InChI is InChI=1S/C17H21NO2/c19-17(20)12-3-1-11(2-4-12)8-18-9-15-13-5-6-14(7-13)16(15)10-18/h1-4,13-16H,5-10H2,(H,19,20). The molecule has 0 spiro atoms. The molecule has 2 aliphatic carbocycles. The van der Waals surface area contributed by atoms with Crippen LogP contribution in [0.25, 0.3) is 0 Å². The average molecular weight is 271 g/mol. The number of carboxylic acid groups (broad SMARTS) is 1. The van der Waals surface area contributed by atoms with Crippen molar-refractivity contribution in [2.24, 2.45) is 23.7 Å². The Morgan fingerprint density at radius 1 is 1.10 bits per heavy atom. The lowest BCUT2D eigenvalue weighted by molar-refractivity contribution is 0.0697.